The zero-order valence-corrected chi connectivity index (χ0v) is 10.4. The normalized spacial score (nSPS) is 15.4. The van der Waals surface area contributed by atoms with Gasteiger partial charge in [0, 0.05) is 25.5 Å². The second-order valence-electron chi connectivity index (χ2n) is 4.37. The van der Waals surface area contributed by atoms with Crippen LogP contribution >= 0.6 is 0 Å². The molecule has 1 aromatic rings. The highest BCUT2D eigenvalue weighted by molar-refractivity contribution is 4.84. The summed E-state index contributed by atoms with van der Waals surface area (Å²) in [6.07, 6.45) is 5.30. The molecular formula is C12H21N3O2. The molecule has 0 aliphatic heterocycles. The third-order valence-electron chi connectivity index (χ3n) is 2.75. The van der Waals surface area contributed by atoms with Crippen LogP contribution in [0.4, 0.5) is 0 Å². The molecule has 0 bridgehead atoms. The summed E-state index contributed by atoms with van der Waals surface area (Å²) in [4.78, 5) is 0. The second kappa shape index (κ2) is 6.71. The highest BCUT2D eigenvalue weighted by atomic mass is 16.5. The molecule has 2 rings (SSSR count). The van der Waals surface area contributed by atoms with Crippen LogP contribution in [0.25, 0.3) is 0 Å². The highest BCUT2D eigenvalue weighted by Gasteiger charge is 2.19. The van der Waals surface area contributed by atoms with Crippen LogP contribution in [0.1, 0.15) is 38.0 Å². The van der Waals surface area contributed by atoms with Crippen LogP contribution in [0, 0.1) is 0 Å². The van der Waals surface area contributed by atoms with Crippen LogP contribution in [0.2, 0.25) is 0 Å². The molecule has 1 aliphatic rings. The molecule has 1 aliphatic carbocycles. The summed E-state index contributed by atoms with van der Waals surface area (Å²) >= 11 is 0. The lowest BCUT2D eigenvalue weighted by molar-refractivity contribution is 0.145. The minimum atomic E-state index is 0.654. The zero-order valence-electron chi connectivity index (χ0n) is 10.4. The first-order valence-electron chi connectivity index (χ1n) is 6.51. The van der Waals surface area contributed by atoms with Crippen molar-refractivity contribution < 1.29 is 9.15 Å². The summed E-state index contributed by atoms with van der Waals surface area (Å²) in [7, 11) is 0. The fraction of sp³-hybridized carbons (Fsp3) is 0.833. The zero-order chi connectivity index (χ0) is 11.9. The third-order valence-corrected chi connectivity index (χ3v) is 2.75. The molecular weight excluding hydrogens is 218 g/mol. The summed E-state index contributed by atoms with van der Waals surface area (Å²) < 4.78 is 10.8. The topological polar surface area (TPSA) is 60.2 Å². The summed E-state index contributed by atoms with van der Waals surface area (Å²) in [5.41, 5.74) is 0. The van der Waals surface area contributed by atoms with E-state index < -0.39 is 0 Å². The molecule has 1 heterocycles. The van der Waals surface area contributed by atoms with Crippen LogP contribution in [-0.4, -0.2) is 36.0 Å². The third kappa shape index (κ3) is 4.83. The molecule has 17 heavy (non-hydrogen) atoms. The molecule has 1 saturated carbocycles. The van der Waals surface area contributed by atoms with Crippen molar-refractivity contribution in [2.75, 3.05) is 19.8 Å². The Morgan fingerprint density at radius 1 is 1.29 bits per heavy atom. The molecule has 1 fully saturated rings. The van der Waals surface area contributed by atoms with Gasteiger partial charge in [-0.3, -0.25) is 0 Å². The summed E-state index contributed by atoms with van der Waals surface area (Å²) in [5, 5.41) is 11.5. The molecule has 0 aromatic carbocycles. The molecule has 0 unspecified atom stereocenters. The van der Waals surface area contributed by atoms with Crippen LogP contribution in [0.15, 0.2) is 4.42 Å². The SMILES string of the molecule is CCOCCc1nnc(CCCNC2CC2)o1. The van der Waals surface area contributed by atoms with Gasteiger partial charge in [0.05, 0.1) is 6.61 Å². The first kappa shape index (κ1) is 12.5. The van der Waals surface area contributed by atoms with E-state index in [4.69, 9.17) is 9.15 Å². The van der Waals surface area contributed by atoms with Gasteiger partial charge in [0.1, 0.15) is 0 Å². The maximum absolute atomic E-state index is 5.52. The van der Waals surface area contributed by atoms with Crippen LogP contribution in [0.3, 0.4) is 0 Å². The Labute approximate surface area is 102 Å². The van der Waals surface area contributed by atoms with Gasteiger partial charge in [0.15, 0.2) is 0 Å². The maximum Gasteiger partial charge on any atom is 0.218 e. The number of nitrogens with zero attached hydrogens (tertiary/aromatic N) is 2. The number of ether oxygens (including phenoxy) is 1. The number of aryl methyl sites for hydroxylation is 1. The van der Waals surface area contributed by atoms with Crippen molar-refractivity contribution in [1.29, 1.82) is 0 Å². The van der Waals surface area contributed by atoms with Gasteiger partial charge >= 0.3 is 0 Å². The number of aromatic nitrogens is 2. The van der Waals surface area contributed by atoms with Crippen LogP contribution < -0.4 is 5.32 Å². The summed E-state index contributed by atoms with van der Waals surface area (Å²) in [5.74, 6) is 1.43. The van der Waals surface area contributed by atoms with Crippen molar-refractivity contribution in [3.8, 4) is 0 Å². The summed E-state index contributed by atoms with van der Waals surface area (Å²) in [6.45, 7) is 4.41. The van der Waals surface area contributed by atoms with E-state index in [9.17, 15) is 0 Å². The molecule has 1 N–H and O–H groups in total. The largest absolute Gasteiger partial charge is 0.425 e. The molecule has 0 atom stereocenters. The van der Waals surface area contributed by atoms with Crippen molar-refractivity contribution in [3.63, 3.8) is 0 Å². The van der Waals surface area contributed by atoms with E-state index in [0.29, 0.717) is 18.9 Å². The first-order chi connectivity index (χ1) is 8.38. The van der Waals surface area contributed by atoms with E-state index in [1.807, 2.05) is 6.92 Å². The minimum Gasteiger partial charge on any atom is -0.425 e. The fourth-order valence-electron chi connectivity index (χ4n) is 1.63. The van der Waals surface area contributed by atoms with Gasteiger partial charge in [-0.2, -0.15) is 0 Å². The lowest BCUT2D eigenvalue weighted by Crippen LogP contribution is -2.17. The van der Waals surface area contributed by atoms with E-state index in [1.165, 1.54) is 12.8 Å². The van der Waals surface area contributed by atoms with Gasteiger partial charge < -0.3 is 14.5 Å². The molecule has 5 nitrogen and oxygen atoms in total. The first-order valence-corrected chi connectivity index (χ1v) is 6.51. The molecule has 0 spiro atoms. The molecule has 0 saturated heterocycles. The Hall–Kier alpha value is -0.940. The summed E-state index contributed by atoms with van der Waals surface area (Å²) in [6, 6.07) is 0.777. The maximum atomic E-state index is 5.52. The van der Waals surface area contributed by atoms with E-state index in [0.717, 1.165) is 37.9 Å². The quantitative estimate of drug-likeness (QED) is 0.659. The van der Waals surface area contributed by atoms with Gasteiger partial charge in [-0.15, -0.1) is 10.2 Å². The Balaban J connectivity index is 1.59. The number of nitrogens with one attached hydrogen (secondary N) is 1. The van der Waals surface area contributed by atoms with Crippen molar-refractivity contribution in [3.05, 3.63) is 11.8 Å². The minimum absolute atomic E-state index is 0.654. The lowest BCUT2D eigenvalue weighted by Gasteiger charge is -1.99. The number of hydrogen-bond acceptors (Lipinski definition) is 5. The van der Waals surface area contributed by atoms with Gasteiger partial charge in [0.2, 0.25) is 11.8 Å². The average molecular weight is 239 g/mol. The second-order valence-corrected chi connectivity index (χ2v) is 4.37. The van der Waals surface area contributed by atoms with Crippen molar-refractivity contribution in [1.82, 2.24) is 15.5 Å². The van der Waals surface area contributed by atoms with Gasteiger partial charge in [-0.1, -0.05) is 0 Å². The van der Waals surface area contributed by atoms with Gasteiger partial charge in [-0.05, 0) is 32.7 Å². The number of rotatable bonds is 9. The standard InChI is InChI=1S/C12H21N3O2/c1-2-16-9-7-12-15-14-11(17-12)4-3-8-13-10-5-6-10/h10,13H,2-9H2,1H3. The van der Waals surface area contributed by atoms with Crippen molar-refractivity contribution in [2.24, 2.45) is 0 Å². The smallest absolute Gasteiger partial charge is 0.218 e. The lowest BCUT2D eigenvalue weighted by atomic mass is 10.3. The number of hydrogen-bond donors (Lipinski definition) is 1. The molecule has 0 amide bonds. The van der Waals surface area contributed by atoms with Crippen LogP contribution in [-0.2, 0) is 17.6 Å². The average Bonchev–Trinajstić information content (AvgIpc) is 3.05. The van der Waals surface area contributed by atoms with E-state index in [-0.39, 0.29) is 0 Å². The molecule has 5 heteroatoms. The Bertz CT molecular complexity index is 323. The Kier molecular flexibility index (Phi) is 4.94. The predicted octanol–water partition coefficient (Wildman–Crippen LogP) is 1.33. The van der Waals surface area contributed by atoms with Gasteiger partial charge in [0.25, 0.3) is 0 Å². The highest BCUT2D eigenvalue weighted by Crippen LogP contribution is 2.18. The van der Waals surface area contributed by atoms with E-state index in [2.05, 4.69) is 15.5 Å². The van der Waals surface area contributed by atoms with Crippen LogP contribution in [0.5, 0.6) is 0 Å². The van der Waals surface area contributed by atoms with E-state index >= 15 is 0 Å². The van der Waals surface area contributed by atoms with E-state index in [1.54, 1.807) is 0 Å². The Morgan fingerprint density at radius 3 is 2.76 bits per heavy atom. The van der Waals surface area contributed by atoms with Crippen molar-refractivity contribution in [2.45, 2.75) is 45.1 Å². The molecule has 1 aromatic heterocycles. The van der Waals surface area contributed by atoms with Gasteiger partial charge in [-0.25, -0.2) is 0 Å². The Morgan fingerprint density at radius 2 is 2.06 bits per heavy atom. The molecule has 96 valence electrons. The fourth-order valence-corrected chi connectivity index (χ4v) is 1.63. The monoisotopic (exact) mass is 239 g/mol. The van der Waals surface area contributed by atoms with Crippen molar-refractivity contribution >= 4 is 0 Å². The molecule has 0 radical (unpaired) electrons. The predicted molar refractivity (Wildman–Crippen MR) is 63.8 cm³/mol.